The standard InChI is InChI=1S/C14H17N5/c1-2-11(1)8-16-13-7-14(19-10-18-13)17-9-12-3-5-15-6-4-12/h3-7,10-11H,1-2,8-9H2,(H2,16,17,18,19). The zero-order valence-electron chi connectivity index (χ0n) is 10.7. The van der Waals surface area contributed by atoms with Gasteiger partial charge in [0.25, 0.3) is 0 Å². The Morgan fingerprint density at radius 3 is 2.53 bits per heavy atom. The normalized spacial score (nSPS) is 14.1. The van der Waals surface area contributed by atoms with E-state index in [0.29, 0.717) is 0 Å². The molecule has 0 unspecified atom stereocenters. The smallest absolute Gasteiger partial charge is 0.131 e. The predicted molar refractivity (Wildman–Crippen MR) is 74.8 cm³/mol. The van der Waals surface area contributed by atoms with Crippen molar-refractivity contribution < 1.29 is 0 Å². The van der Waals surface area contributed by atoms with Crippen LogP contribution in [0.15, 0.2) is 36.9 Å². The Balaban J connectivity index is 1.56. The van der Waals surface area contributed by atoms with E-state index in [1.54, 1.807) is 18.7 Å². The maximum atomic E-state index is 4.22. The van der Waals surface area contributed by atoms with Crippen molar-refractivity contribution in [3.8, 4) is 0 Å². The van der Waals surface area contributed by atoms with Crippen LogP contribution in [0, 0.1) is 5.92 Å². The number of rotatable bonds is 6. The van der Waals surface area contributed by atoms with Crippen LogP contribution >= 0.6 is 0 Å². The molecule has 0 radical (unpaired) electrons. The Labute approximate surface area is 112 Å². The summed E-state index contributed by atoms with van der Waals surface area (Å²) in [6, 6.07) is 5.92. The van der Waals surface area contributed by atoms with Crippen molar-refractivity contribution in [1.82, 2.24) is 15.0 Å². The molecular weight excluding hydrogens is 238 g/mol. The molecule has 0 bridgehead atoms. The Kier molecular flexibility index (Phi) is 3.54. The van der Waals surface area contributed by atoms with Gasteiger partial charge in [-0.3, -0.25) is 4.98 Å². The minimum Gasteiger partial charge on any atom is -0.370 e. The lowest BCUT2D eigenvalue weighted by Crippen LogP contribution is -2.07. The number of anilines is 2. The second-order valence-electron chi connectivity index (χ2n) is 4.82. The highest BCUT2D eigenvalue weighted by Crippen LogP contribution is 2.28. The van der Waals surface area contributed by atoms with Crippen molar-refractivity contribution >= 4 is 11.6 Å². The highest BCUT2D eigenvalue weighted by atomic mass is 15.1. The van der Waals surface area contributed by atoms with Gasteiger partial charge in [-0.1, -0.05) is 0 Å². The van der Waals surface area contributed by atoms with Gasteiger partial charge in [0, 0.05) is 31.5 Å². The van der Waals surface area contributed by atoms with E-state index in [2.05, 4.69) is 25.6 Å². The lowest BCUT2D eigenvalue weighted by atomic mass is 10.3. The van der Waals surface area contributed by atoms with Gasteiger partial charge >= 0.3 is 0 Å². The van der Waals surface area contributed by atoms with Crippen molar-refractivity contribution in [2.45, 2.75) is 19.4 Å². The zero-order valence-corrected chi connectivity index (χ0v) is 10.7. The van der Waals surface area contributed by atoms with Gasteiger partial charge < -0.3 is 10.6 Å². The van der Waals surface area contributed by atoms with Gasteiger partial charge in [-0.25, -0.2) is 9.97 Å². The second-order valence-corrected chi connectivity index (χ2v) is 4.82. The predicted octanol–water partition coefficient (Wildman–Crippen LogP) is 2.31. The van der Waals surface area contributed by atoms with Gasteiger partial charge in [-0.15, -0.1) is 0 Å². The molecule has 0 spiro atoms. The third-order valence-corrected chi connectivity index (χ3v) is 3.16. The monoisotopic (exact) mass is 255 g/mol. The van der Waals surface area contributed by atoms with E-state index in [9.17, 15) is 0 Å². The molecule has 0 atom stereocenters. The summed E-state index contributed by atoms with van der Waals surface area (Å²) >= 11 is 0. The Morgan fingerprint density at radius 2 is 1.79 bits per heavy atom. The average molecular weight is 255 g/mol. The third kappa shape index (κ3) is 3.64. The van der Waals surface area contributed by atoms with E-state index >= 15 is 0 Å². The molecule has 0 aliphatic heterocycles. The largest absolute Gasteiger partial charge is 0.370 e. The van der Waals surface area contributed by atoms with Gasteiger partial charge in [-0.2, -0.15) is 0 Å². The van der Waals surface area contributed by atoms with Crippen molar-refractivity contribution in [2.24, 2.45) is 5.92 Å². The molecule has 1 aliphatic carbocycles. The minimum absolute atomic E-state index is 0.738. The minimum atomic E-state index is 0.738. The maximum absolute atomic E-state index is 4.22. The van der Waals surface area contributed by atoms with E-state index < -0.39 is 0 Å². The molecule has 2 aromatic rings. The molecule has 2 aromatic heterocycles. The summed E-state index contributed by atoms with van der Waals surface area (Å²) in [4.78, 5) is 12.4. The van der Waals surface area contributed by atoms with Crippen LogP contribution in [0.3, 0.4) is 0 Å². The van der Waals surface area contributed by atoms with E-state index in [4.69, 9.17) is 0 Å². The van der Waals surface area contributed by atoms with Gasteiger partial charge in [0.05, 0.1) is 0 Å². The van der Waals surface area contributed by atoms with Gasteiger partial charge in [0.15, 0.2) is 0 Å². The molecule has 19 heavy (non-hydrogen) atoms. The molecule has 0 saturated heterocycles. The van der Waals surface area contributed by atoms with E-state index in [1.807, 2.05) is 18.2 Å². The quantitative estimate of drug-likeness (QED) is 0.829. The Hall–Kier alpha value is -2.17. The molecule has 5 nitrogen and oxygen atoms in total. The Bertz CT molecular complexity index is 524. The van der Waals surface area contributed by atoms with Crippen molar-refractivity contribution in [3.63, 3.8) is 0 Å². The third-order valence-electron chi connectivity index (χ3n) is 3.16. The lowest BCUT2D eigenvalue weighted by Gasteiger charge is -2.08. The summed E-state index contributed by atoms with van der Waals surface area (Å²) in [5.41, 5.74) is 1.18. The average Bonchev–Trinajstić information content (AvgIpc) is 3.29. The van der Waals surface area contributed by atoms with Crippen LogP contribution in [0.25, 0.3) is 0 Å². The molecule has 1 saturated carbocycles. The first kappa shape index (κ1) is 11.9. The van der Waals surface area contributed by atoms with Crippen LogP contribution in [0.1, 0.15) is 18.4 Å². The molecule has 1 aliphatic rings. The molecular formula is C14H17N5. The Morgan fingerprint density at radius 1 is 1.05 bits per heavy atom. The lowest BCUT2D eigenvalue weighted by molar-refractivity contribution is 0.881. The fraction of sp³-hybridized carbons (Fsp3) is 0.357. The van der Waals surface area contributed by atoms with E-state index in [1.165, 1.54) is 18.4 Å². The van der Waals surface area contributed by atoms with Crippen LogP contribution < -0.4 is 10.6 Å². The molecule has 0 aromatic carbocycles. The number of aromatic nitrogens is 3. The first-order chi connectivity index (χ1) is 9.40. The molecule has 3 rings (SSSR count). The number of hydrogen-bond donors (Lipinski definition) is 2. The van der Waals surface area contributed by atoms with Gasteiger partial charge in [-0.05, 0) is 36.5 Å². The van der Waals surface area contributed by atoms with Crippen molar-refractivity contribution in [1.29, 1.82) is 0 Å². The zero-order chi connectivity index (χ0) is 12.9. The summed E-state index contributed by atoms with van der Waals surface area (Å²) < 4.78 is 0. The maximum Gasteiger partial charge on any atom is 0.131 e. The summed E-state index contributed by atoms with van der Waals surface area (Å²) in [6.45, 7) is 1.75. The van der Waals surface area contributed by atoms with E-state index in [-0.39, 0.29) is 0 Å². The molecule has 0 amide bonds. The fourth-order valence-corrected chi connectivity index (χ4v) is 1.81. The molecule has 98 valence electrons. The number of pyridine rings is 1. The van der Waals surface area contributed by atoms with Crippen LogP contribution in [0.2, 0.25) is 0 Å². The second kappa shape index (κ2) is 5.65. The first-order valence-electron chi connectivity index (χ1n) is 6.59. The topological polar surface area (TPSA) is 62.7 Å². The first-order valence-corrected chi connectivity index (χ1v) is 6.59. The van der Waals surface area contributed by atoms with Crippen LogP contribution in [-0.4, -0.2) is 21.5 Å². The summed E-state index contributed by atoms with van der Waals surface area (Å²) in [5.74, 6) is 2.56. The summed E-state index contributed by atoms with van der Waals surface area (Å²) in [7, 11) is 0. The molecule has 2 N–H and O–H groups in total. The van der Waals surface area contributed by atoms with Gasteiger partial charge in [0.2, 0.25) is 0 Å². The highest BCUT2D eigenvalue weighted by Gasteiger charge is 2.20. The number of nitrogens with zero attached hydrogens (tertiary/aromatic N) is 3. The van der Waals surface area contributed by atoms with Crippen molar-refractivity contribution in [3.05, 3.63) is 42.5 Å². The number of nitrogens with one attached hydrogen (secondary N) is 2. The fourth-order valence-electron chi connectivity index (χ4n) is 1.81. The highest BCUT2D eigenvalue weighted by molar-refractivity contribution is 5.46. The van der Waals surface area contributed by atoms with Crippen LogP contribution in [-0.2, 0) is 6.54 Å². The molecule has 5 heteroatoms. The van der Waals surface area contributed by atoms with Crippen LogP contribution in [0.4, 0.5) is 11.6 Å². The summed E-state index contributed by atoms with van der Waals surface area (Å²) in [6.07, 6.45) is 7.85. The molecule has 1 fully saturated rings. The summed E-state index contributed by atoms with van der Waals surface area (Å²) in [5, 5.41) is 6.63. The molecule has 2 heterocycles. The van der Waals surface area contributed by atoms with Crippen molar-refractivity contribution in [2.75, 3.05) is 17.2 Å². The SMILES string of the molecule is c1cc(CNc2cc(NCC3CC3)ncn2)ccn1. The van der Waals surface area contributed by atoms with E-state index in [0.717, 1.165) is 30.6 Å². The van der Waals surface area contributed by atoms with Crippen LogP contribution in [0.5, 0.6) is 0 Å². The van der Waals surface area contributed by atoms with Gasteiger partial charge in [0.1, 0.15) is 18.0 Å². The number of hydrogen-bond acceptors (Lipinski definition) is 5.